The van der Waals surface area contributed by atoms with Gasteiger partial charge in [0.15, 0.2) is 26.1 Å². The van der Waals surface area contributed by atoms with Gasteiger partial charge in [0.05, 0.1) is 33.8 Å². The maximum Gasteiger partial charge on any atom is 0.252 e. The third kappa shape index (κ3) is 4.36. The van der Waals surface area contributed by atoms with E-state index in [0.717, 1.165) is 10.2 Å². The predicted molar refractivity (Wildman–Crippen MR) is 118 cm³/mol. The lowest BCUT2D eigenvalue weighted by atomic mass is 10.1. The number of aromatic nitrogens is 1. The summed E-state index contributed by atoms with van der Waals surface area (Å²) in [6.07, 6.45) is 5.59. The zero-order valence-corrected chi connectivity index (χ0v) is 18.5. The van der Waals surface area contributed by atoms with Gasteiger partial charge in [0.25, 0.3) is 5.91 Å². The van der Waals surface area contributed by atoms with Gasteiger partial charge in [0.1, 0.15) is 13.2 Å². The van der Waals surface area contributed by atoms with E-state index in [1.807, 2.05) is 12.1 Å². The van der Waals surface area contributed by atoms with E-state index in [0.29, 0.717) is 35.1 Å². The number of rotatable bonds is 5. The van der Waals surface area contributed by atoms with Crippen LogP contribution in [0.1, 0.15) is 12.5 Å². The molecule has 160 valence electrons. The molecule has 0 bridgehead atoms. The number of carbonyl (C=O) groups excluding carboxylic acids is 1. The van der Waals surface area contributed by atoms with Crippen molar-refractivity contribution in [1.29, 1.82) is 0 Å². The number of sulfone groups is 1. The van der Waals surface area contributed by atoms with Gasteiger partial charge in [-0.15, -0.1) is 6.42 Å². The van der Waals surface area contributed by atoms with E-state index >= 15 is 0 Å². The minimum Gasteiger partial charge on any atom is -0.486 e. The van der Waals surface area contributed by atoms with Crippen LogP contribution in [0.15, 0.2) is 46.3 Å². The molecule has 4 rings (SSSR count). The number of benzene rings is 2. The summed E-state index contributed by atoms with van der Waals surface area (Å²) in [7, 11) is -3.28. The SMILES string of the molecule is C#CCn1c(=NC(=O)Cc2ccc(S(=O)(=O)CC)cc2)sc2cc3c(cc21)OCCO3. The third-order valence-electron chi connectivity index (χ3n) is 4.83. The van der Waals surface area contributed by atoms with Crippen LogP contribution in [0.4, 0.5) is 0 Å². The van der Waals surface area contributed by atoms with Gasteiger partial charge in [-0.1, -0.05) is 36.3 Å². The lowest BCUT2D eigenvalue weighted by Crippen LogP contribution is -2.18. The highest BCUT2D eigenvalue weighted by atomic mass is 32.2. The monoisotopic (exact) mass is 456 g/mol. The van der Waals surface area contributed by atoms with Crippen molar-refractivity contribution in [3.8, 4) is 23.8 Å². The summed E-state index contributed by atoms with van der Waals surface area (Å²) in [5, 5.41) is 0. The van der Waals surface area contributed by atoms with Crippen LogP contribution in [-0.2, 0) is 27.6 Å². The molecule has 0 saturated carbocycles. The fraction of sp³-hybridized carbons (Fsp3) is 0.273. The van der Waals surface area contributed by atoms with Crippen molar-refractivity contribution in [2.45, 2.75) is 24.8 Å². The van der Waals surface area contributed by atoms with Gasteiger partial charge >= 0.3 is 0 Å². The molecule has 1 aliphatic rings. The third-order valence-corrected chi connectivity index (χ3v) is 7.63. The quantitative estimate of drug-likeness (QED) is 0.551. The van der Waals surface area contributed by atoms with Crippen LogP contribution in [0.3, 0.4) is 0 Å². The maximum atomic E-state index is 12.6. The maximum absolute atomic E-state index is 12.6. The van der Waals surface area contributed by atoms with Crippen LogP contribution in [0, 0.1) is 12.3 Å². The van der Waals surface area contributed by atoms with E-state index < -0.39 is 9.84 Å². The summed E-state index contributed by atoms with van der Waals surface area (Å²) in [6.45, 7) is 2.82. The molecule has 1 aromatic heterocycles. The summed E-state index contributed by atoms with van der Waals surface area (Å²) in [5.74, 6) is 3.58. The highest BCUT2D eigenvalue weighted by molar-refractivity contribution is 7.91. The van der Waals surface area contributed by atoms with Gasteiger partial charge in [0.2, 0.25) is 0 Å². The topological polar surface area (TPSA) is 87.0 Å². The predicted octanol–water partition coefficient (Wildman–Crippen LogP) is 2.57. The Morgan fingerprint density at radius 2 is 1.87 bits per heavy atom. The fourth-order valence-electron chi connectivity index (χ4n) is 3.24. The smallest absolute Gasteiger partial charge is 0.252 e. The molecule has 0 N–H and O–H groups in total. The lowest BCUT2D eigenvalue weighted by molar-refractivity contribution is -0.117. The first kappa shape index (κ1) is 21.2. The molecule has 31 heavy (non-hydrogen) atoms. The number of terminal acetylenes is 1. The number of fused-ring (bicyclic) bond motifs is 2. The molecule has 9 heteroatoms. The largest absolute Gasteiger partial charge is 0.486 e. The average molecular weight is 457 g/mol. The van der Waals surface area contributed by atoms with Crippen molar-refractivity contribution >= 4 is 37.3 Å². The molecule has 3 aromatic rings. The molecule has 0 spiro atoms. The molecule has 0 radical (unpaired) electrons. The second-order valence-electron chi connectivity index (χ2n) is 6.87. The fourth-order valence-corrected chi connectivity index (χ4v) is 5.18. The number of nitrogens with zero attached hydrogens (tertiary/aromatic N) is 2. The van der Waals surface area contributed by atoms with E-state index in [1.54, 1.807) is 23.6 Å². The van der Waals surface area contributed by atoms with Gasteiger partial charge in [0, 0.05) is 12.1 Å². The van der Waals surface area contributed by atoms with Gasteiger partial charge in [-0.2, -0.15) is 4.99 Å². The van der Waals surface area contributed by atoms with Gasteiger partial charge < -0.3 is 14.0 Å². The Morgan fingerprint density at radius 1 is 1.19 bits per heavy atom. The standard InChI is InChI=1S/C22H20N2O5S2/c1-3-9-24-17-13-18-19(29-11-10-28-18)14-20(17)30-22(24)23-21(25)12-15-5-7-16(8-6-15)31(26,27)4-2/h1,5-8,13-14H,4,9-12H2,2H3. The van der Waals surface area contributed by atoms with E-state index in [1.165, 1.54) is 23.5 Å². The lowest BCUT2D eigenvalue weighted by Gasteiger charge is -2.18. The molecular formula is C22H20N2O5S2. The molecule has 0 atom stereocenters. The van der Waals surface area contributed by atoms with Gasteiger partial charge in [-0.25, -0.2) is 8.42 Å². The van der Waals surface area contributed by atoms with Crippen LogP contribution in [0.25, 0.3) is 10.2 Å². The minimum atomic E-state index is -3.28. The number of amides is 1. The van der Waals surface area contributed by atoms with Crippen molar-refractivity contribution < 1.29 is 22.7 Å². The summed E-state index contributed by atoms with van der Waals surface area (Å²) in [6, 6.07) is 10.0. The zero-order valence-electron chi connectivity index (χ0n) is 16.8. The molecule has 1 amide bonds. The molecule has 2 aromatic carbocycles. The Balaban J connectivity index is 1.66. The Kier molecular flexibility index (Phi) is 5.85. The number of hydrogen-bond acceptors (Lipinski definition) is 6. The van der Waals surface area contributed by atoms with E-state index in [9.17, 15) is 13.2 Å². The second-order valence-corrected chi connectivity index (χ2v) is 10.2. The number of hydrogen-bond donors (Lipinski definition) is 0. The zero-order chi connectivity index (χ0) is 22.0. The molecule has 7 nitrogen and oxygen atoms in total. The van der Waals surface area contributed by atoms with Crippen molar-refractivity contribution in [3.63, 3.8) is 0 Å². The first-order valence-corrected chi connectivity index (χ1v) is 12.1. The average Bonchev–Trinajstić information content (AvgIpc) is 3.08. The second kappa shape index (κ2) is 8.57. The normalized spacial score (nSPS) is 13.9. The highest BCUT2D eigenvalue weighted by Crippen LogP contribution is 2.35. The Morgan fingerprint density at radius 3 is 2.52 bits per heavy atom. The number of ether oxygens (including phenoxy) is 2. The molecule has 0 saturated heterocycles. The Labute approximate surface area is 183 Å². The van der Waals surface area contributed by atoms with E-state index in [2.05, 4.69) is 10.9 Å². The summed E-state index contributed by atoms with van der Waals surface area (Å²) in [4.78, 5) is 17.6. The van der Waals surface area contributed by atoms with E-state index in [-0.39, 0.29) is 29.5 Å². The molecule has 1 aliphatic heterocycles. The van der Waals surface area contributed by atoms with E-state index in [4.69, 9.17) is 15.9 Å². The van der Waals surface area contributed by atoms with Crippen LogP contribution in [-0.4, -0.2) is 37.9 Å². The summed E-state index contributed by atoms with van der Waals surface area (Å²) < 4.78 is 37.8. The first-order valence-electron chi connectivity index (χ1n) is 9.67. The first-order chi connectivity index (χ1) is 14.9. The Bertz CT molecular complexity index is 1360. The minimum absolute atomic E-state index is 0.0290. The number of carbonyl (C=O) groups is 1. The molecule has 0 fully saturated rings. The molecular weight excluding hydrogens is 436 g/mol. The van der Waals surface area contributed by atoms with Crippen LogP contribution in [0.5, 0.6) is 11.5 Å². The molecule has 0 unspecified atom stereocenters. The highest BCUT2D eigenvalue weighted by Gasteiger charge is 2.17. The van der Waals surface area contributed by atoms with Crippen LogP contribution in [0.2, 0.25) is 0 Å². The van der Waals surface area contributed by atoms with Gasteiger partial charge in [-0.3, -0.25) is 4.79 Å². The van der Waals surface area contributed by atoms with Crippen LogP contribution < -0.4 is 14.3 Å². The summed E-state index contributed by atoms with van der Waals surface area (Å²) >= 11 is 1.35. The van der Waals surface area contributed by atoms with Crippen molar-refractivity contribution in [3.05, 3.63) is 46.8 Å². The molecule has 0 aliphatic carbocycles. The molecule has 2 heterocycles. The van der Waals surface area contributed by atoms with Gasteiger partial charge in [-0.05, 0) is 17.7 Å². The van der Waals surface area contributed by atoms with Crippen molar-refractivity contribution in [2.75, 3.05) is 19.0 Å². The Hall–Kier alpha value is -3.09. The number of thiazole rings is 1. The summed E-state index contributed by atoms with van der Waals surface area (Å²) in [5.41, 5.74) is 1.51. The van der Waals surface area contributed by atoms with Crippen LogP contribution >= 0.6 is 11.3 Å². The van der Waals surface area contributed by atoms with Crippen molar-refractivity contribution in [2.24, 2.45) is 4.99 Å². The van der Waals surface area contributed by atoms with Crippen molar-refractivity contribution in [1.82, 2.24) is 4.57 Å².